The van der Waals surface area contributed by atoms with E-state index in [1.165, 1.54) is 46.3 Å². The molecule has 0 saturated carbocycles. The van der Waals surface area contributed by atoms with Crippen molar-refractivity contribution < 1.29 is 32.3 Å². The van der Waals surface area contributed by atoms with Crippen LogP contribution in [0.2, 0.25) is 0 Å². The first-order chi connectivity index (χ1) is 12.1. The van der Waals surface area contributed by atoms with Crippen molar-refractivity contribution in [3.63, 3.8) is 0 Å². The van der Waals surface area contributed by atoms with E-state index in [0.717, 1.165) is 4.31 Å². The van der Waals surface area contributed by atoms with Crippen LogP contribution in [0, 0.1) is 0 Å². The summed E-state index contributed by atoms with van der Waals surface area (Å²) in [5.41, 5.74) is 0.205. The Balaban J connectivity index is 2.80. The largest absolute Gasteiger partial charge is 0.495 e. The van der Waals surface area contributed by atoms with Gasteiger partial charge in [0.2, 0.25) is 10.0 Å². The topological polar surface area (TPSA) is 119 Å². The predicted molar refractivity (Wildman–Crippen MR) is 93.4 cm³/mol. The van der Waals surface area contributed by atoms with Gasteiger partial charge in [-0.1, -0.05) is 0 Å². The van der Waals surface area contributed by atoms with Crippen molar-refractivity contribution in [2.24, 2.45) is 0 Å². The van der Waals surface area contributed by atoms with E-state index in [1.807, 2.05) is 0 Å². The van der Waals surface area contributed by atoms with E-state index in [2.05, 4.69) is 5.32 Å². The number of hydrogen-bond acceptors (Lipinski definition) is 7. The predicted octanol–water partition coefficient (Wildman–Crippen LogP) is 0.796. The number of ketones is 1. The molecular weight excluding hydrogens is 364 g/mol. The third kappa shape index (κ3) is 6.12. The summed E-state index contributed by atoms with van der Waals surface area (Å²) >= 11 is 0. The summed E-state index contributed by atoms with van der Waals surface area (Å²) in [6.07, 6.45) is -0.0545. The summed E-state index contributed by atoms with van der Waals surface area (Å²) in [6, 6.07) is 4.12. The fraction of sp³-hybridized carbons (Fsp3) is 0.438. The lowest BCUT2D eigenvalue weighted by Gasteiger charge is -2.16. The summed E-state index contributed by atoms with van der Waals surface area (Å²) < 4.78 is 35.5. The molecule has 10 heteroatoms. The van der Waals surface area contributed by atoms with E-state index in [4.69, 9.17) is 9.47 Å². The molecule has 0 bridgehead atoms. The molecule has 0 saturated heterocycles. The van der Waals surface area contributed by atoms with Gasteiger partial charge in [-0.15, -0.1) is 0 Å². The van der Waals surface area contributed by atoms with Gasteiger partial charge in [0, 0.05) is 26.2 Å². The van der Waals surface area contributed by atoms with Crippen molar-refractivity contribution in [2.45, 2.75) is 24.7 Å². The minimum atomic E-state index is -3.78. The molecule has 0 aliphatic heterocycles. The second-order valence-electron chi connectivity index (χ2n) is 5.56. The van der Waals surface area contributed by atoms with Crippen LogP contribution >= 0.6 is 0 Å². The first-order valence-electron chi connectivity index (χ1n) is 7.63. The number of Topliss-reactive ketones (excluding diaryl/α,β-unsaturated/α-hetero) is 1. The van der Waals surface area contributed by atoms with Crippen molar-refractivity contribution in [1.82, 2.24) is 4.31 Å². The van der Waals surface area contributed by atoms with Crippen LogP contribution in [0.15, 0.2) is 23.1 Å². The quantitative estimate of drug-likeness (QED) is 0.623. The minimum Gasteiger partial charge on any atom is -0.495 e. The normalized spacial score (nSPS) is 11.1. The molecule has 1 N–H and O–H groups in total. The Morgan fingerprint density at radius 2 is 1.81 bits per heavy atom. The van der Waals surface area contributed by atoms with E-state index >= 15 is 0 Å². The summed E-state index contributed by atoms with van der Waals surface area (Å²) in [5, 5.41) is 2.44. The Morgan fingerprint density at radius 3 is 2.35 bits per heavy atom. The van der Waals surface area contributed by atoms with Crippen molar-refractivity contribution in [3.05, 3.63) is 18.2 Å². The van der Waals surface area contributed by atoms with Crippen molar-refractivity contribution in [1.29, 1.82) is 0 Å². The van der Waals surface area contributed by atoms with Gasteiger partial charge in [0.15, 0.2) is 6.61 Å². The minimum absolute atomic E-state index is 0.0463. The molecule has 1 aromatic rings. The molecule has 0 aliphatic carbocycles. The molecule has 0 aliphatic rings. The van der Waals surface area contributed by atoms with Crippen LogP contribution in [-0.4, -0.2) is 58.2 Å². The van der Waals surface area contributed by atoms with E-state index in [9.17, 15) is 22.8 Å². The molecular formula is C16H22N2O7S. The molecule has 0 heterocycles. The molecule has 1 aromatic carbocycles. The number of nitrogens with zero attached hydrogens (tertiary/aromatic N) is 1. The summed E-state index contributed by atoms with van der Waals surface area (Å²) in [5.74, 6) is -1.33. The maximum atomic E-state index is 12.3. The van der Waals surface area contributed by atoms with Gasteiger partial charge < -0.3 is 19.6 Å². The van der Waals surface area contributed by atoms with Gasteiger partial charge >= 0.3 is 5.97 Å². The van der Waals surface area contributed by atoms with Gasteiger partial charge in [0.25, 0.3) is 5.91 Å². The Kier molecular flexibility index (Phi) is 7.72. The lowest BCUT2D eigenvalue weighted by Crippen LogP contribution is -2.24. The standard InChI is InChI=1S/C16H22N2O7S/c1-11(19)5-8-16(21)25-10-15(20)17-12-6-7-13(24-4)14(9-12)26(22,23)18(2)3/h6-7,9H,5,8,10H2,1-4H3,(H,17,20). The van der Waals surface area contributed by atoms with Crippen molar-refractivity contribution in [3.8, 4) is 5.75 Å². The summed E-state index contributed by atoms with van der Waals surface area (Å²) in [6.45, 7) is 0.807. The van der Waals surface area contributed by atoms with Crippen molar-refractivity contribution >= 4 is 33.4 Å². The van der Waals surface area contributed by atoms with Gasteiger partial charge in [0.05, 0.1) is 13.5 Å². The average Bonchev–Trinajstić information content (AvgIpc) is 2.57. The third-order valence-electron chi connectivity index (χ3n) is 3.25. The number of amides is 1. The van der Waals surface area contributed by atoms with Crippen molar-refractivity contribution in [2.75, 3.05) is 33.1 Å². The average molecular weight is 386 g/mol. The maximum Gasteiger partial charge on any atom is 0.306 e. The molecule has 9 nitrogen and oxygen atoms in total. The van der Waals surface area contributed by atoms with E-state index in [1.54, 1.807) is 0 Å². The van der Waals surface area contributed by atoms with E-state index in [0.29, 0.717) is 0 Å². The molecule has 1 amide bonds. The number of esters is 1. The van der Waals surface area contributed by atoms with Crippen LogP contribution in [0.5, 0.6) is 5.75 Å². The third-order valence-corrected chi connectivity index (χ3v) is 5.09. The number of sulfonamides is 1. The Labute approximate surface area is 152 Å². The Bertz CT molecular complexity index is 788. The summed E-state index contributed by atoms with van der Waals surface area (Å²) in [7, 11) is 0.308. The maximum absolute atomic E-state index is 12.3. The number of nitrogens with one attached hydrogen (secondary N) is 1. The zero-order valence-corrected chi connectivity index (χ0v) is 15.9. The first kappa shape index (κ1) is 21.6. The van der Waals surface area contributed by atoms with E-state index < -0.39 is 28.5 Å². The molecule has 0 fully saturated rings. The molecule has 0 spiro atoms. The fourth-order valence-electron chi connectivity index (χ4n) is 1.85. The number of benzene rings is 1. The highest BCUT2D eigenvalue weighted by molar-refractivity contribution is 7.89. The number of hydrogen-bond donors (Lipinski definition) is 1. The Morgan fingerprint density at radius 1 is 1.15 bits per heavy atom. The molecule has 0 aromatic heterocycles. The van der Waals surface area contributed by atoms with Gasteiger partial charge in [-0.05, 0) is 25.1 Å². The Hall–Kier alpha value is -2.46. The highest BCUT2D eigenvalue weighted by Gasteiger charge is 2.23. The van der Waals surface area contributed by atoms with Gasteiger partial charge in [-0.3, -0.25) is 9.59 Å². The molecule has 1 rings (SSSR count). The SMILES string of the molecule is COc1ccc(NC(=O)COC(=O)CCC(C)=O)cc1S(=O)(=O)N(C)C. The molecule has 26 heavy (non-hydrogen) atoms. The number of carbonyl (C=O) groups excluding carboxylic acids is 3. The lowest BCUT2D eigenvalue weighted by molar-refractivity contribution is -0.148. The van der Waals surface area contributed by atoms with Gasteiger partial charge in [0.1, 0.15) is 16.4 Å². The number of ether oxygens (including phenoxy) is 2. The van der Waals surface area contributed by atoms with Crippen LogP contribution in [0.1, 0.15) is 19.8 Å². The first-order valence-corrected chi connectivity index (χ1v) is 9.07. The fourth-order valence-corrected chi connectivity index (χ4v) is 2.92. The van der Waals surface area contributed by atoms with Gasteiger partial charge in [-0.25, -0.2) is 12.7 Å². The number of anilines is 1. The second kappa shape index (κ2) is 9.30. The smallest absolute Gasteiger partial charge is 0.306 e. The molecule has 0 unspecified atom stereocenters. The zero-order chi connectivity index (χ0) is 19.9. The highest BCUT2D eigenvalue weighted by atomic mass is 32.2. The highest BCUT2D eigenvalue weighted by Crippen LogP contribution is 2.28. The monoisotopic (exact) mass is 386 g/mol. The van der Waals surface area contributed by atoms with Crippen LogP contribution < -0.4 is 10.1 Å². The van der Waals surface area contributed by atoms with Crippen LogP contribution in [-0.2, 0) is 29.1 Å². The van der Waals surface area contributed by atoms with Gasteiger partial charge in [-0.2, -0.15) is 0 Å². The molecule has 0 atom stereocenters. The number of rotatable bonds is 9. The number of carbonyl (C=O) groups is 3. The van der Waals surface area contributed by atoms with Crippen LogP contribution in [0.25, 0.3) is 0 Å². The van der Waals surface area contributed by atoms with E-state index in [-0.39, 0.29) is 35.0 Å². The second-order valence-corrected chi connectivity index (χ2v) is 7.68. The zero-order valence-electron chi connectivity index (χ0n) is 15.1. The molecule has 0 radical (unpaired) electrons. The van der Waals surface area contributed by atoms with Crippen LogP contribution in [0.4, 0.5) is 5.69 Å². The van der Waals surface area contributed by atoms with Crippen LogP contribution in [0.3, 0.4) is 0 Å². The summed E-state index contributed by atoms with van der Waals surface area (Å²) in [4.78, 5) is 33.9. The number of methoxy groups -OCH3 is 1. The molecule has 144 valence electrons. The lowest BCUT2D eigenvalue weighted by atomic mass is 10.2.